The molecule has 0 aromatic heterocycles. The average molecular weight is 281 g/mol. The number of aryl methyl sites for hydroxylation is 1. The Bertz CT molecular complexity index is 352. The van der Waals surface area contributed by atoms with Crippen LogP contribution in [0.15, 0.2) is 34.8 Å². The van der Waals surface area contributed by atoms with Crippen molar-refractivity contribution >= 4 is 15.9 Å². The first-order valence-electron chi connectivity index (χ1n) is 6.11. The SMILES string of the molecule is CC/C=C\C(C)Cc1ccc(CC)c(Br)c1. The third kappa shape index (κ3) is 4.13. The maximum atomic E-state index is 3.63. The third-order valence-electron chi connectivity index (χ3n) is 2.76. The molecular formula is C15H21Br. The van der Waals surface area contributed by atoms with Crippen LogP contribution in [0.2, 0.25) is 0 Å². The van der Waals surface area contributed by atoms with E-state index >= 15 is 0 Å². The number of halogens is 1. The number of benzene rings is 1. The minimum absolute atomic E-state index is 0.624. The molecule has 0 radical (unpaired) electrons. The quantitative estimate of drug-likeness (QED) is 0.654. The first kappa shape index (κ1) is 13.5. The molecule has 1 unspecified atom stereocenters. The fourth-order valence-electron chi connectivity index (χ4n) is 1.81. The van der Waals surface area contributed by atoms with Gasteiger partial charge in [-0.15, -0.1) is 0 Å². The molecule has 0 aliphatic carbocycles. The van der Waals surface area contributed by atoms with Gasteiger partial charge in [-0.3, -0.25) is 0 Å². The van der Waals surface area contributed by atoms with Crippen molar-refractivity contribution < 1.29 is 0 Å². The van der Waals surface area contributed by atoms with Crippen LogP contribution in [0.25, 0.3) is 0 Å². The van der Waals surface area contributed by atoms with E-state index in [0.29, 0.717) is 5.92 Å². The summed E-state index contributed by atoms with van der Waals surface area (Å²) in [7, 11) is 0. The minimum Gasteiger partial charge on any atom is -0.0885 e. The summed E-state index contributed by atoms with van der Waals surface area (Å²) in [5, 5.41) is 0. The van der Waals surface area contributed by atoms with Gasteiger partial charge in [0.25, 0.3) is 0 Å². The van der Waals surface area contributed by atoms with Gasteiger partial charge in [0.2, 0.25) is 0 Å². The van der Waals surface area contributed by atoms with Crippen LogP contribution in [-0.4, -0.2) is 0 Å². The smallest absolute Gasteiger partial charge is 0.0209 e. The van der Waals surface area contributed by atoms with Crippen molar-refractivity contribution in [2.45, 2.75) is 40.0 Å². The van der Waals surface area contributed by atoms with Crippen molar-refractivity contribution in [1.82, 2.24) is 0 Å². The summed E-state index contributed by atoms with van der Waals surface area (Å²) in [6, 6.07) is 6.74. The van der Waals surface area contributed by atoms with E-state index in [2.05, 4.69) is 67.1 Å². The zero-order chi connectivity index (χ0) is 12.0. The van der Waals surface area contributed by atoms with Crippen molar-refractivity contribution in [3.05, 3.63) is 46.0 Å². The Balaban J connectivity index is 2.67. The van der Waals surface area contributed by atoms with E-state index in [1.54, 1.807) is 0 Å². The van der Waals surface area contributed by atoms with Gasteiger partial charge in [0.1, 0.15) is 0 Å². The van der Waals surface area contributed by atoms with E-state index in [1.165, 1.54) is 15.6 Å². The van der Waals surface area contributed by atoms with Crippen molar-refractivity contribution in [2.24, 2.45) is 5.92 Å². The van der Waals surface area contributed by atoms with Gasteiger partial charge >= 0.3 is 0 Å². The fourth-order valence-corrected chi connectivity index (χ4v) is 2.52. The largest absolute Gasteiger partial charge is 0.0885 e. The van der Waals surface area contributed by atoms with Crippen molar-refractivity contribution in [1.29, 1.82) is 0 Å². The third-order valence-corrected chi connectivity index (χ3v) is 3.49. The Kier molecular flexibility index (Phi) is 5.83. The minimum atomic E-state index is 0.624. The molecule has 0 nitrogen and oxygen atoms in total. The summed E-state index contributed by atoms with van der Waals surface area (Å²) in [6.45, 7) is 6.63. The molecule has 1 heteroatoms. The molecule has 0 heterocycles. The number of hydrogen-bond donors (Lipinski definition) is 0. The van der Waals surface area contributed by atoms with Gasteiger partial charge < -0.3 is 0 Å². The summed E-state index contributed by atoms with van der Waals surface area (Å²) in [6.07, 6.45) is 7.90. The highest BCUT2D eigenvalue weighted by Crippen LogP contribution is 2.21. The molecule has 88 valence electrons. The van der Waals surface area contributed by atoms with Gasteiger partial charge in [-0.1, -0.05) is 61.0 Å². The molecule has 16 heavy (non-hydrogen) atoms. The molecule has 0 fully saturated rings. The van der Waals surface area contributed by atoms with Gasteiger partial charge in [-0.2, -0.15) is 0 Å². The lowest BCUT2D eigenvalue weighted by molar-refractivity contribution is 0.720. The predicted molar refractivity (Wildman–Crippen MR) is 75.8 cm³/mol. The number of hydrogen-bond acceptors (Lipinski definition) is 0. The van der Waals surface area contributed by atoms with E-state index in [9.17, 15) is 0 Å². The maximum Gasteiger partial charge on any atom is 0.0209 e. The summed E-state index contributed by atoms with van der Waals surface area (Å²) in [5.74, 6) is 0.624. The summed E-state index contributed by atoms with van der Waals surface area (Å²) < 4.78 is 1.25. The molecule has 1 aromatic carbocycles. The van der Waals surface area contributed by atoms with Gasteiger partial charge in [0.05, 0.1) is 0 Å². The summed E-state index contributed by atoms with van der Waals surface area (Å²) in [5.41, 5.74) is 2.80. The van der Waals surface area contributed by atoms with Gasteiger partial charge in [-0.05, 0) is 42.4 Å². The highest BCUT2D eigenvalue weighted by atomic mass is 79.9. The maximum absolute atomic E-state index is 3.63. The highest BCUT2D eigenvalue weighted by molar-refractivity contribution is 9.10. The van der Waals surface area contributed by atoms with Crippen LogP contribution >= 0.6 is 15.9 Å². The van der Waals surface area contributed by atoms with E-state index in [-0.39, 0.29) is 0 Å². The van der Waals surface area contributed by atoms with E-state index in [4.69, 9.17) is 0 Å². The number of allylic oxidation sites excluding steroid dienone is 2. The van der Waals surface area contributed by atoms with Crippen molar-refractivity contribution in [3.63, 3.8) is 0 Å². The zero-order valence-corrected chi connectivity index (χ0v) is 12.0. The van der Waals surface area contributed by atoms with Crippen LogP contribution < -0.4 is 0 Å². The molecule has 0 saturated heterocycles. The molecule has 0 N–H and O–H groups in total. The van der Waals surface area contributed by atoms with Gasteiger partial charge in [-0.25, -0.2) is 0 Å². The molecule has 0 aliphatic rings. The van der Waals surface area contributed by atoms with Crippen LogP contribution in [0, 0.1) is 5.92 Å². The van der Waals surface area contributed by atoms with E-state index in [1.807, 2.05) is 0 Å². The van der Waals surface area contributed by atoms with E-state index < -0.39 is 0 Å². The molecule has 0 amide bonds. The summed E-state index contributed by atoms with van der Waals surface area (Å²) in [4.78, 5) is 0. The normalized spacial score (nSPS) is 13.2. The second-order valence-electron chi connectivity index (χ2n) is 4.30. The first-order chi connectivity index (χ1) is 7.67. The first-order valence-corrected chi connectivity index (χ1v) is 6.90. The molecule has 0 aliphatic heterocycles. The molecule has 0 spiro atoms. The van der Waals surface area contributed by atoms with Crippen molar-refractivity contribution in [3.8, 4) is 0 Å². The summed E-state index contributed by atoms with van der Waals surface area (Å²) >= 11 is 3.63. The van der Waals surface area contributed by atoms with Crippen LogP contribution in [0.3, 0.4) is 0 Å². The van der Waals surface area contributed by atoms with Gasteiger partial charge in [0.15, 0.2) is 0 Å². The highest BCUT2D eigenvalue weighted by Gasteiger charge is 2.03. The Morgan fingerprint density at radius 2 is 2.06 bits per heavy atom. The van der Waals surface area contributed by atoms with Crippen molar-refractivity contribution in [2.75, 3.05) is 0 Å². The second-order valence-corrected chi connectivity index (χ2v) is 5.15. The molecule has 0 saturated carbocycles. The van der Waals surface area contributed by atoms with E-state index in [0.717, 1.165) is 19.3 Å². The van der Waals surface area contributed by atoms with Crippen LogP contribution in [-0.2, 0) is 12.8 Å². The molecule has 1 rings (SSSR count). The second kappa shape index (κ2) is 6.90. The standard InChI is InChI=1S/C15H21Br/c1-4-6-7-12(3)10-13-8-9-14(5-2)15(16)11-13/h6-9,11-12H,4-5,10H2,1-3H3/b7-6-. The predicted octanol–water partition coefficient (Wildman–Crippen LogP) is 5.16. The van der Waals surface area contributed by atoms with Crippen LogP contribution in [0.5, 0.6) is 0 Å². The lowest BCUT2D eigenvalue weighted by Crippen LogP contribution is -1.96. The average Bonchev–Trinajstić information content (AvgIpc) is 2.26. The fraction of sp³-hybridized carbons (Fsp3) is 0.467. The Labute approximate surface area is 108 Å². The monoisotopic (exact) mass is 280 g/mol. The Morgan fingerprint density at radius 1 is 1.31 bits per heavy atom. The lowest BCUT2D eigenvalue weighted by atomic mass is 9.99. The van der Waals surface area contributed by atoms with Crippen LogP contribution in [0.1, 0.15) is 38.3 Å². The topological polar surface area (TPSA) is 0 Å². The van der Waals surface area contributed by atoms with Gasteiger partial charge in [0, 0.05) is 4.47 Å². The Hall–Kier alpha value is -0.560. The zero-order valence-electron chi connectivity index (χ0n) is 10.5. The Morgan fingerprint density at radius 3 is 2.62 bits per heavy atom. The molecular weight excluding hydrogens is 260 g/mol. The molecule has 0 bridgehead atoms. The van der Waals surface area contributed by atoms with Crippen LogP contribution in [0.4, 0.5) is 0 Å². The lowest BCUT2D eigenvalue weighted by Gasteiger charge is -2.09. The molecule has 1 atom stereocenters. The number of rotatable bonds is 5. The molecule has 1 aromatic rings.